The van der Waals surface area contributed by atoms with Crippen molar-refractivity contribution in [2.45, 2.75) is 32.6 Å². The average Bonchev–Trinajstić information content (AvgIpc) is 3.63. The lowest BCUT2D eigenvalue weighted by molar-refractivity contribution is -0.138. The highest BCUT2D eigenvalue weighted by molar-refractivity contribution is 6.08. The van der Waals surface area contributed by atoms with E-state index in [-0.39, 0.29) is 66.1 Å². The van der Waals surface area contributed by atoms with Gasteiger partial charge in [-0.2, -0.15) is 5.10 Å². The van der Waals surface area contributed by atoms with E-state index in [2.05, 4.69) is 19.2 Å². The molecule has 0 saturated heterocycles. The Hall–Kier alpha value is -8.53. The van der Waals surface area contributed by atoms with Gasteiger partial charge in [0.15, 0.2) is 0 Å². The van der Waals surface area contributed by atoms with Crippen molar-refractivity contribution in [3.05, 3.63) is 157 Å². The quantitative estimate of drug-likeness (QED) is 0.0134. The minimum Gasteiger partial charge on any atom is -0.463 e. The van der Waals surface area contributed by atoms with Crippen LogP contribution < -0.4 is 18.9 Å². The Labute approximate surface area is 378 Å². The second-order valence-corrected chi connectivity index (χ2v) is 14.2. The molecule has 0 aliphatic rings. The van der Waals surface area contributed by atoms with Gasteiger partial charge in [0.25, 0.3) is 0 Å². The summed E-state index contributed by atoms with van der Waals surface area (Å²) < 4.78 is 43.6. The van der Waals surface area contributed by atoms with Crippen LogP contribution in [0.3, 0.4) is 0 Å². The van der Waals surface area contributed by atoms with Gasteiger partial charge in [0.2, 0.25) is 0 Å². The van der Waals surface area contributed by atoms with Crippen LogP contribution in [0.4, 0.5) is 9.59 Å². The zero-order valence-electron chi connectivity index (χ0n) is 35.8. The molecule has 0 unspecified atom stereocenters. The van der Waals surface area contributed by atoms with Crippen molar-refractivity contribution < 1.29 is 66.7 Å². The van der Waals surface area contributed by atoms with Crippen LogP contribution in [-0.4, -0.2) is 73.5 Å². The Morgan fingerprint density at radius 3 is 1.59 bits per heavy atom. The van der Waals surface area contributed by atoms with Crippen LogP contribution in [0.2, 0.25) is 0 Å². The van der Waals surface area contributed by atoms with E-state index < -0.39 is 36.2 Å². The number of hydrogen-bond acceptors (Lipinski definition) is 15. The predicted octanol–water partition coefficient (Wildman–Crippen LogP) is 9.47. The molecule has 0 fully saturated rings. The number of ether oxygens (including phenoxy) is 8. The zero-order valence-corrected chi connectivity index (χ0v) is 35.8. The summed E-state index contributed by atoms with van der Waals surface area (Å²) in [7, 11) is 0. The molecule has 0 aliphatic heterocycles. The summed E-state index contributed by atoms with van der Waals surface area (Å²) in [6, 6.07) is 29.5. The largest absolute Gasteiger partial charge is 0.513 e. The highest BCUT2D eigenvalue weighted by Crippen LogP contribution is 2.31. The fraction of sp³-hybridized carbons (Fsp3) is 0.180. The highest BCUT2D eigenvalue weighted by Gasteiger charge is 2.17. The molecule has 6 rings (SSSR count). The first-order valence-electron chi connectivity index (χ1n) is 20.6. The van der Waals surface area contributed by atoms with Crippen LogP contribution in [-0.2, 0) is 28.5 Å². The van der Waals surface area contributed by atoms with Gasteiger partial charge in [0.05, 0.1) is 54.8 Å². The highest BCUT2D eigenvalue weighted by atomic mass is 16.7. The first kappa shape index (κ1) is 47.0. The smallest absolute Gasteiger partial charge is 0.463 e. The van der Waals surface area contributed by atoms with Gasteiger partial charge in [-0.25, -0.2) is 33.4 Å². The Morgan fingerprint density at radius 1 is 0.530 bits per heavy atom. The lowest BCUT2D eigenvalue weighted by Crippen LogP contribution is -2.13. The van der Waals surface area contributed by atoms with Gasteiger partial charge in [-0.1, -0.05) is 43.0 Å². The van der Waals surface area contributed by atoms with Crippen LogP contribution in [0.1, 0.15) is 57.5 Å². The summed E-state index contributed by atoms with van der Waals surface area (Å²) in [5, 5.41) is 6.79. The van der Waals surface area contributed by atoms with E-state index in [0.717, 1.165) is 39.5 Å². The molecular weight excluding hydrogens is 853 g/mol. The third-order valence-electron chi connectivity index (χ3n) is 9.43. The molecule has 16 heteroatoms. The maximum absolute atomic E-state index is 13.5. The number of fused-ring (bicyclic) bond motifs is 3. The molecule has 6 aromatic rings. The number of carbonyl (C=O) groups is 6. The summed E-state index contributed by atoms with van der Waals surface area (Å²) in [5.74, 6) is -2.10. The molecule has 0 radical (unpaired) electrons. The second-order valence-electron chi connectivity index (χ2n) is 14.2. The first-order valence-corrected chi connectivity index (χ1v) is 20.6. The summed E-state index contributed by atoms with van der Waals surface area (Å²) in [6.07, 6.45) is 3.55. The Morgan fingerprint density at radius 2 is 1.03 bits per heavy atom. The van der Waals surface area contributed by atoms with Crippen LogP contribution in [0.25, 0.3) is 21.8 Å². The average molecular weight is 897 g/mol. The van der Waals surface area contributed by atoms with E-state index in [1.54, 1.807) is 4.68 Å². The molecule has 0 bridgehead atoms. The predicted molar refractivity (Wildman–Crippen MR) is 241 cm³/mol. The minimum absolute atomic E-state index is 0.0415. The second kappa shape index (κ2) is 23.2. The Balaban J connectivity index is 1.13. The summed E-state index contributed by atoms with van der Waals surface area (Å²) in [4.78, 5) is 73.3. The Kier molecular flexibility index (Phi) is 16.5. The molecule has 5 aromatic carbocycles. The Bertz CT molecular complexity index is 2770. The van der Waals surface area contributed by atoms with Crippen molar-refractivity contribution in [1.82, 2.24) is 4.68 Å². The first-order chi connectivity index (χ1) is 32.0. The molecule has 16 nitrogen and oxygen atoms in total. The zero-order chi connectivity index (χ0) is 46.8. The van der Waals surface area contributed by atoms with Crippen molar-refractivity contribution in [1.29, 1.82) is 0 Å². The SMILES string of the molecule is C=CC(=O)OCCCCOC(=O)Oc1ccc(C(=O)Oc2ccc(OC(=O)c3ccc(OC(=O)OCCCCOC(=O)C=C)cc3)c(/C=N/n3c4ccccc4c4cc(C)ccc43)c2)cc1. The number of para-hydroxylation sites is 1. The number of rotatable bonds is 20. The number of aromatic nitrogens is 1. The molecule has 1 aromatic heterocycles. The minimum atomic E-state index is -0.948. The summed E-state index contributed by atoms with van der Waals surface area (Å²) in [6.45, 7) is 9.06. The molecule has 0 spiro atoms. The number of esters is 4. The van der Waals surface area contributed by atoms with Crippen LogP contribution in [0, 0.1) is 6.92 Å². The molecule has 0 amide bonds. The van der Waals surface area contributed by atoms with Gasteiger partial charge in [0.1, 0.15) is 23.0 Å². The maximum atomic E-state index is 13.5. The van der Waals surface area contributed by atoms with Gasteiger partial charge in [-0.05, 0) is 118 Å². The molecule has 0 atom stereocenters. The maximum Gasteiger partial charge on any atom is 0.513 e. The number of nitrogens with zero attached hydrogens (tertiary/aromatic N) is 2. The molecule has 338 valence electrons. The fourth-order valence-electron chi connectivity index (χ4n) is 6.17. The van der Waals surface area contributed by atoms with E-state index in [1.165, 1.54) is 72.9 Å². The normalized spacial score (nSPS) is 10.8. The van der Waals surface area contributed by atoms with Gasteiger partial charge in [-0.3, -0.25) is 0 Å². The molecule has 1 heterocycles. The monoisotopic (exact) mass is 896 g/mol. The fourth-order valence-corrected chi connectivity index (χ4v) is 6.17. The van der Waals surface area contributed by atoms with Crippen molar-refractivity contribution in [2.75, 3.05) is 26.4 Å². The lowest BCUT2D eigenvalue weighted by atomic mass is 10.1. The lowest BCUT2D eigenvalue weighted by Gasteiger charge is -2.11. The standard InChI is InChI=1S/C50H44N2O14/c1-4-45(53)59-26-8-10-28-61-49(57)64-37-19-15-34(16-20-37)47(55)63-39-23-25-44(36(31-39)32-51-52-42-13-7-6-12-40(42)41-30-33(3)14-24-43(41)52)66-48(56)35-17-21-38(22-18-35)65-50(58)62-29-11-9-27-60-46(54)5-2/h4-7,12-25,30-32H,1-2,8-11,26-29H2,3H3/b51-32+. The van der Waals surface area contributed by atoms with Crippen LogP contribution in [0.5, 0.6) is 23.0 Å². The number of carbonyl (C=O) groups excluding carboxylic acids is 6. The van der Waals surface area contributed by atoms with Crippen LogP contribution in [0.15, 0.2) is 140 Å². The number of aryl methyl sites for hydroxylation is 1. The summed E-state index contributed by atoms with van der Waals surface area (Å²) >= 11 is 0. The van der Waals surface area contributed by atoms with E-state index in [9.17, 15) is 28.8 Å². The van der Waals surface area contributed by atoms with Crippen molar-refractivity contribution in [3.8, 4) is 23.0 Å². The van der Waals surface area contributed by atoms with Gasteiger partial charge in [-0.15, -0.1) is 0 Å². The molecule has 0 aliphatic carbocycles. The molecule has 66 heavy (non-hydrogen) atoms. The van der Waals surface area contributed by atoms with E-state index >= 15 is 0 Å². The van der Waals surface area contributed by atoms with Gasteiger partial charge in [0, 0.05) is 28.5 Å². The van der Waals surface area contributed by atoms with Crippen molar-refractivity contribution in [3.63, 3.8) is 0 Å². The molecular formula is C50H44N2O14. The molecule has 0 saturated carbocycles. The third kappa shape index (κ3) is 13.2. The van der Waals surface area contributed by atoms with Gasteiger partial charge >= 0.3 is 36.2 Å². The van der Waals surface area contributed by atoms with Crippen molar-refractivity contribution in [2.24, 2.45) is 5.10 Å². The van der Waals surface area contributed by atoms with Crippen molar-refractivity contribution >= 4 is 64.2 Å². The van der Waals surface area contributed by atoms with E-state index in [0.29, 0.717) is 25.7 Å². The summed E-state index contributed by atoms with van der Waals surface area (Å²) in [5.41, 5.74) is 3.30. The number of hydrogen-bond donors (Lipinski definition) is 0. The number of unbranched alkanes of at least 4 members (excludes halogenated alkanes) is 2. The van der Waals surface area contributed by atoms with E-state index in [4.69, 9.17) is 43.0 Å². The van der Waals surface area contributed by atoms with Gasteiger partial charge < -0.3 is 37.9 Å². The number of benzene rings is 5. The third-order valence-corrected chi connectivity index (χ3v) is 9.43. The topological polar surface area (TPSA) is 194 Å². The van der Waals surface area contributed by atoms with Crippen LogP contribution >= 0.6 is 0 Å². The molecule has 0 N–H and O–H groups in total. The van der Waals surface area contributed by atoms with E-state index in [1.807, 2.05) is 43.3 Å².